The second-order valence-electron chi connectivity index (χ2n) is 4.74. The molecule has 0 saturated carbocycles. The molecule has 3 rings (SSSR count). The zero-order valence-corrected chi connectivity index (χ0v) is 11.3. The first-order valence-electron chi connectivity index (χ1n) is 6.73. The molecular weight excluding hydrogens is 252 g/mol. The summed E-state index contributed by atoms with van der Waals surface area (Å²) in [5.41, 5.74) is 7.56. The Balaban J connectivity index is 1.94. The standard InChI is InChI=1S/C15H16N4O/c1-2-5-11(16)14-18-15(20-19-14)13-9-8-10-6-3-4-7-12(10)17-13/h3-4,6-9,11H,2,5,16H2,1H3. The number of aromatic nitrogens is 3. The first kappa shape index (κ1) is 12.7. The van der Waals surface area contributed by atoms with E-state index in [1.54, 1.807) is 0 Å². The molecule has 0 amide bonds. The molecule has 0 saturated heterocycles. The first-order valence-corrected chi connectivity index (χ1v) is 6.73. The number of benzene rings is 1. The van der Waals surface area contributed by atoms with Gasteiger partial charge in [-0.1, -0.05) is 42.8 Å². The van der Waals surface area contributed by atoms with Gasteiger partial charge in [0, 0.05) is 5.39 Å². The molecule has 2 N–H and O–H groups in total. The van der Waals surface area contributed by atoms with Crippen LogP contribution in [-0.2, 0) is 0 Å². The van der Waals surface area contributed by atoms with E-state index in [1.807, 2.05) is 36.4 Å². The van der Waals surface area contributed by atoms with Crippen LogP contribution in [-0.4, -0.2) is 15.1 Å². The normalized spacial score (nSPS) is 12.7. The van der Waals surface area contributed by atoms with Gasteiger partial charge in [-0.05, 0) is 18.6 Å². The molecule has 102 valence electrons. The number of para-hydroxylation sites is 1. The van der Waals surface area contributed by atoms with Gasteiger partial charge in [-0.25, -0.2) is 4.98 Å². The third kappa shape index (κ3) is 2.40. The second kappa shape index (κ2) is 5.38. The minimum Gasteiger partial charge on any atom is -0.332 e. The number of rotatable bonds is 4. The predicted octanol–water partition coefficient (Wildman–Crippen LogP) is 3.08. The van der Waals surface area contributed by atoms with Crippen molar-refractivity contribution in [1.82, 2.24) is 15.1 Å². The highest BCUT2D eigenvalue weighted by molar-refractivity contribution is 5.80. The highest BCUT2D eigenvalue weighted by Crippen LogP contribution is 2.21. The van der Waals surface area contributed by atoms with E-state index in [0.29, 0.717) is 17.4 Å². The summed E-state index contributed by atoms with van der Waals surface area (Å²) in [5, 5.41) is 5.02. The molecule has 0 bridgehead atoms. The second-order valence-corrected chi connectivity index (χ2v) is 4.74. The fourth-order valence-corrected chi connectivity index (χ4v) is 2.11. The van der Waals surface area contributed by atoms with Crippen molar-refractivity contribution in [3.05, 3.63) is 42.2 Å². The van der Waals surface area contributed by atoms with Gasteiger partial charge >= 0.3 is 0 Å². The van der Waals surface area contributed by atoms with Crippen molar-refractivity contribution >= 4 is 10.9 Å². The van der Waals surface area contributed by atoms with E-state index in [1.165, 1.54) is 0 Å². The Morgan fingerprint density at radius 1 is 1.15 bits per heavy atom. The van der Waals surface area contributed by atoms with Crippen molar-refractivity contribution in [2.24, 2.45) is 5.73 Å². The van der Waals surface area contributed by atoms with Crippen LogP contribution < -0.4 is 5.73 Å². The highest BCUT2D eigenvalue weighted by Gasteiger charge is 2.15. The largest absolute Gasteiger partial charge is 0.332 e. The summed E-state index contributed by atoms with van der Waals surface area (Å²) in [6, 6.07) is 11.6. The molecule has 0 aliphatic carbocycles. The average molecular weight is 268 g/mol. The van der Waals surface area contributed by atoms with E-state index >= 15 is 0 Å². The molecule has 0 spiro atoms. The molecule has 2 aromatic heterocycles. The summed E-state index contributed by atoms with van der Waals surface area (Å²) < 4.78 is 5.26. The molecule has 0 fully saturated rings. The van der Waals surface area contributed by atoms with Gasteiger partial charge in [0.25, 0.3) is 5.89 Å². The number of nitrogens with zero attached hydrogens (tertiary/aromatic N) is 3. The van der Waals surface area contributed by atoms with E-state index in [-0.39, 0.29) is 6.04 Å². The van der Waals surface area contributed by atoms with Gasteiger partial charge in [0.15, 0.2) is 5.82 Å². The zero-order valence-electron chi connectivity index (χ0n) is 11.3. The van der Waals surface area contributed by atoms with E-state index in [0.717, 1.165) is 23.7 Å². The molecular formula is C15H16N4O. The fourth-order valence-electron chi connectivity index (χ4n) is 2.11. The van der Waals surface area contributed by atoms with Gasteiger partial charge in [0.1, 0.15) is 5.69 Å². The summed E-state index contributed by atoms with van der Waals surface area (Å²) in [7, 11) is 0. The van der Waals surface area contributed by atoms with Crippen LogP contribution in [0.5, 0.6) is 0 Å². The third-order valence-electron chi connectivity index (χ3n) is 3.19. The van der Waals surface area contributed by atoms with E-state index < -0.39 is 0 Å². The smallest absolute Gasteiger partial charge is 0.276 e. The van der Waals surface area contributed by atoms with Crippen molar-refractivity contribution < 1.29 is 4.52 Å². The fraction of sp³-hybridized carbons (Fsp3) is 0.267. The van der Waals surface area contributed by atoms with Crippen LogP contribution in [0.4, 0.5) is 0 Å². The molecule has 0 radical (unpaired) electrons. The number of pyridine rings is 1. The predicted molar refractivity (Wildman–Crippen MR) is 76.9 cm³/mol. The van der Waals surface area contributed by atoms with Crippen LogP contribution in [0.15, 0.2) is 40.9 Å². The van der Waals surface area contributed by atoms with E-state index in [4.69, 9.17) is 10.3 Å². The molecule has 1 unspecified atom stereocenters. The molecule has 1 atom stereocenters. The number of hydrogen-bond donors (Lipinski definition) is 1. The lowest BCUT2D eigenvalue weighted by Crippen LogP contribution is -2.11. The first-order chi connectivity index (χ1) is 9.78. The lowest BCUT2D eigenvalue weighted by atomic mass is 10.2. The number of nitrogens with two attached hydrogens (primary N) is 1. The molecule has 5 nitrogen and oxygen atoms in total. The maximum Gasteiger partial charge on any atom is 0.276 e. The maximum absolute atomic E-state index is 5.98. The van der Waals surface area contributed by atoms with Gasteiger partial charge in [-0.2, -0.15) is 4.98 Å². The Bertz CT molecular complexity index is 722. The molecule has 2 heterocycles. The molecule has 3 aromatic rings. The zero-order chi connectivity index (χ0) is 13.9. The molecule has 20 heavy (non-hydrogen) atoms. The van der Waals surface area contributed by atoms with Gasteiger partial charge < -0.3 is 10.3 Å². The Kier molecular flexibility index (Phi) is 3.43. The molecule has 5 heteroatoms. The van der Waals surface area contributed by atoms with Crippen molar-refractivity contribution in [3.8, 4) is 11.6 Å². The van der Waals surface area contributed by atoms with Gasteiger partial charge in [0.05, 0.1) is 11.6 Å². The third-order valence-corrected chi connectivity index (χ3v) is 3.19. The van der Waals surface area contributed by atoms with Gasteiger partial charge in [-0.3, -0.25) is 0 Å². The highest BCUT2D eigenvalue weighted by atomic mass is 16.5. The van der Waals surface area contributed by atoms with Crippen molar-refractivity contribution in [1.29, 1.82) is 0 Å². The van der Waals surface area contributed by atoms with Crippen LogP contribution in [0.25, 0.3) is 22.5 Å². The molecule has 0 aliphatic rings. The average Bonchev–Trinajstić information content (AvgIpc) is 2.97. The maximum atomic E-state index is 5.98. The van der Waals surface area contributed by atoms with E-state index in [9.17, 15) is 0 Å². The van der Waals surface area contributed by atoms with Crippen molar-refractivity contribution in [3.63, 3.8) is 0 Å². The summed E-state index contributed by atoms with van der Waals surface area (Å²) in [5.74, 6) is 0.953. The quantitative estimate of drug-likeness (QED) is 0.786. The Morgan fingerprint density at radius 2 is 2.00 bits per heavy atom. The van der Waals surface area contributed by atoms with Crippen LogP contribution in [0.2, 0.25) is 0 Å². The van der Waals surface area contributed by atoms with Gasteiger partial charge in [-0.15, -0.1) is 0 Å². The van der Waals surface area contributed by atoms with Crippen LogP contribution in [0.1, 0.15) is 31.6 Å². The molecule has 1 aromatic carbocycles. The summed E-state index contributed by atoms with van der Waals surface area (Å²) >= 11 is 0. The SMILES string of the molecule is CCCC(N)c1noc(-c2ccc3ccccc3n2)n1. The number of hydrogen-bond acceptors (Lipinski definition) is 5. The van der Waals surface area contributed by atoms with Crippen molar-refractivity contribution in [2.45, 2.75) is 25.8 Å². The Labute approximate surface area is 116 Å². The molecule has 0 aliphatic heterocycles. The Hall–Kier alpha value is -2.27. The lowest BCUT2D eigenvalue weighted by Gasteiger charge is -2.02. The monoisotopic (exact) mass is 268 g/mol. The summed E-state index contributed by atoms with van der Waals surface area (Å²) in [6.07, 6.45) is 1.82. The minimum atomic E-state index is -0.182. The van der Waals surface area contributed by atoms with E-state index in [2.05, 4.69) is 22.0 Å². The van der Waals surface area contributed by atoms with Gasteiger partial charge in [0.2, 0.25) is 0 Å². The number of fused-ring (bicyclic) bond motifs is 1. The van der Waals surface area contributed by atoms with Crippen LogP contribution >= 0.6 is 0 Å². The van der Waals surface area contributed by atoms with Crippen LogP contribution in [0.3, 0.4) is 0 Å². The summed E-state index contributed by atoms with van der Waals surface area (Å²) in [4.78, 5) is 8.87. The lowest BCUT2D eigenvalue weighted by molar-refractivity contribution is 0.412. The van der Waals surface area contributed by atoms with Crippen molar-refractivity contribution in [2.75, 3.05) is 0 Å². The Morgan fingerprint density at radius 3 is 2.85 bits per heavy atom. The minimum absolute atomic E-state index is 0.182. The summed E-state index contributed by atoms with van der Waals surface area (Å²) in [6.45, 7) is 2.08. The van der Waals surface area contributed by atoms with Crippen LogP contribution in [0, 0.1) is 0 Å². The topological polar surface area (TPSA) is 77.8 Å².